The number of anilines is 1. The highest BCUT2D eigenvalue weighted by Gasteiger charge is 2.29. The average Bonchev–Trinajstić information content (AvgIpc) is 2.30. The van der Waals surface area contributed by atoms with Crippen LogP contribution in [0.5, 0.6) is 0 Å². The highest BCUT2D eigenvalue weighted by atomic mass is 32.2. The minimum Gasteiger partial charge on any atom is -0.464 e. The van der Waals surface area contributed by atoms with Gasteiger partial charge in [0.15, 0.2) is 0 Å². The molecule has 5 nitrogen and oxygen atoms in total. The number of carbonyl (C=O) groups excluding carboxylic acids is 1. The quantitative estimate of drug-likeness (QED) is 0.771. The van der Waals surface area contributed by atoms with Crippen molar-refractivity contribution in [2.24, 2.45) is 0 Å². The Labute approximate surface area is 112 Å². The van der Waals surface area contributed by atoms with Gasteiger partial charge < -0.3 is 4.74 Å². The second-order valence-corrected chi connectivity index (χ2v) is 5.82. The van der Waals surface area contributed by atoms with Crippen LogP contribution in [-0.4, -0.2) is 33.3 Å². The number of sulfonamides is 1. The predicted molar refractivity (Wildman–Crippen MR) is 69.8 cm³/mol. The Kier molecular flexibility index (Phi) is 4.88. The maximum absolute atomic E-state index is 12.9. The first-order chi connectivity index (χ1) is 8.77. The smallest absolute Gasteiger partial charge is 0.329 e. The molecule has 0 saturated heterocycles. The first-order valence-corrected chi connectivity index (χ1v) is 7.53. The number of benzene rings is 1. The van der Waals surface area contributed by atoms with Crippen molar-refractivity contribution < 1.29 is 22.3 Å². The molecule has 0 N–H and O–H groups in total. The van der Waals surface area contributed by atoms with Gasteiger partial charge in [-0.1, -0.05) is 0 Å². The standard InChI is InChI=1S/C12H16FNO4S/c1-4-18-12(15)9(2)14(19(3,16)17)11-7-5-10(13)6-8-11/h5-9H,4H2,1-3H3/t9-/m0/s1. The number of halogens is 1. The molecule has 1 rings (SSSR count). The molecular weight excluding hydrogens is 273 g/mol. The topological polar surface area (TPSA) is 63.7 Å². The number of rotatable bonds is 5. The SMILES string of the molecule is CCOC(=O)[C@H](C)N(c1ccc(F)cc1)S(C)(=O)=O. The first-order valence-electron chi connectivity index (χ1n) is 5.69. The molecule has 1 aromatic carbocycles. The molecular formula is C12H16FNO4S. The lowest BCUT2D eigenvalue weighted by atomic mass is 10.2. The summed E-state index contributed by atoms with van der Waals surface area (Å²) in [5, 5.41) is 0. The molecule has 0 fully saturated rings. The van der Waals surface area contributed by atoms with Gasteiger partial charge in [0.2, 0.25) is 10.0 Å². The monoisotopic (exact) mass is 289 g/mol. The molecule has 0 saturated carbocycles. The molecule has 1 atom stereocenters. The van der Waals surface area contributed by atoms with E-state index in [1.807, 2.05) is 0 Å². The summed E-state index contributed by atoms with van der Waals surface area (Å²) >= 11 is 0. The minimum absolute atomic E-state index is 0.157. The molecule has 0 unspecified atom stereocenters. The lowest BCUT2D eigenvalue weighted by Crippen LogP contribution is -2.43. The lowest BCUT2D eigenvalue weighted by Gasteiger charge is -2.27. The maximum atomic E-state index is 12.9. The van der Waals surface area contributed by atoms with Gasteiger partial charge in [-0.15, -0.1) is 0 Å². The molecule has 0 spiro atoms. The maximum Gasteiger partial charge on any atom is 0.329 e. The van der Waals surface area contributed by atoms with E-state index < -0.39 is 27.9 Å². The van der Waals surface area contributed by atoms with Gasteiger partial charge in [0.05, 0.1) is 18.6 Å². The average molecular weight is 289 g/mol. The van der Waals surface area contributed by atoms with Crippen LogP contribution >= 0.6 is 0 Å². The van der Waals surface area contributed by atoms with E-state index in [2.05, 4.69) is 0 Å². The van der Waals surface area contributed by atoms with E-state index in [0.29, 0.717) is 0 Å². The molecule has 0 radical (unpaired) electrons. The van der Waals surface area contributed by atoms with Crippen molar-refractivity contribution >= 4 is 21.7 Å². The van der Waals surface area contributed by atoms with Crippen LogP contribution in [0.2, 0.25) is 0 Å². The number of esters is 1. The largest absolute Gasteiger partial charge is 0.464 e. The van der Waals surface area contributed by atoms with Crippen molar-refractivity contribution in [3.8, 4) is 0 Å². The summed E-state index contributed by atoms with van der Waals surface area (Å²) in [5.41, 5.74) is 0.212. The summed E-state index contributed by atoms with van der Waals surface area (Å²) in [4.78, 5) is 11.7. The van der Waals surface area contributed by atoms with Gasteiger partial charge in [0.25, 0.3) is 0 Å². The minimum atomic E-state index is -3.68. The number of hydrogen-bond donors (Lipinski definition) is 0. The summed E-state index contributed by atoms with van der Waals surface area (Å²) in [6, 6.07) is 3.84. The van der Waals surface area contributed by atoms with Crippen LogP contribution in [0.4, 0.5) is 10.1 Å². The van der Waals surface area contributed by atoms with Gasteiger partial charge >= 0.3 is 5.97 Å². The number of hydrogen-bond acceptors (Lipinski definition) is 4. The number of carbonyl (C=O) groups is 1. The van der Waals surface area contributed by atoms with Crippen molar-refractivity contribution in [1.29, 1.82) is 0 Å². The van der Waals surface area contributed by atoms with Crippen LogP contribution in [0.15, 0.2) is 24.3 Å². The van der Waals surface area contributed by atoms with Crippen LogP contribution in [0.3, 0.4) is 0 Å². The van der Waals surface area contributed by atoms with Crippen LogP contribution in [0, 0.1) is 5.82 Å². The van der Waals surface area contributed by atoms with E-state index in [1.54, 1.807) is 6.92 Å². The van der Waals surface area contributed by atoms with Crippen LogP contribution in [-0.2, 0) is 19.6 Å². The third-order valence-corrected chi connectivity index (χ3v) is 3.66. The van der Waals surface area contributed by atoms with Gasteiger partial charge in [-0.25, -0.2) is 17.6 Å². The Bertz CT molecular complexity index is 541. The normalized spacial score (nSPS) is 12.8. The summed E-state index contributed by atoms with van der Waals surface area (Å²) in [7, 11) is -3.68. The Balaban J connectivity index is 3.16. The predicted octanol–water partition coefficient (Wildman–Crippen LogP) is 1.54. The van der Waals surface area contributed by atoms with E-state index in [0.717, 1.165) is 22.7 Å². The third kappa shape index (κ3) is 3.92. The fourth-order valence-electron chi connectivity index (χ4n) is 1.65. The van der Waals surface area contributed by atoms with Crippen molar-refractivity contribution in [2.75, 3.05) is 17.2 Å². The molecule has 0 aliphatic rings. The molecule has 7 heteroatoms. The number of ether oxygens (including phenoxy) is 1. The zero-order valence-corrected chi connectivity index (χ0v) is 11.8. The fourth-order valence-corrected chi connectivity index (χ4v) is 2.81. The molecule has 0 amide bonds. The van der Waals surface area contributed by atoms with Crippen molar-refractivity contribution in [3.63, 3.8) is 0 Å². The van der Waals surface area contributed by atoms with E-state index in [1.165, 1.54) is 19.1 Å². The van der Waals surface area contributed by atoms with Crippen LogP contribution < -0.4 is 4.31 Å². The summed E-state index contributed by atoms with van der Waals surface area (Å²) in [6.45, 7) is 3.21. The number of nitrogens with zero attached hydrogens (tertiary/aromatic N) is 1. The van der Waals surface area contributed by atoms with E-state index in [-0.39, 0.29) is 12.3 Å². The summed E-state index contributed by atoms with van der Waals surface area (Å²) < 4.78 is 42.2. The zero-order chi connectivity index (χ0) is 14.6. The molecule has 0 bridgehead atoms. The first kappa shape index (κ1) is 15.4. The molecule has 106 valence electrons. The molecule has 0 aliphatic heterocycles. The Morgan fingerprint density at radius 3 is 2.32 bits per heavy atom. The summed E-state index contributed by atoms with van der Waals surface area (Å²) in [6.07, 6.45) is 0.978. The lowest BCUT2D eigenvalue weighted by molar-refractivity contribution is -0.144. The molecule has 0 aromatic heterocycles. The van der Waals surface area contributed by atoms with Crippen molar-refractivity contribution in [3.05, 3.63) is 30.1 Å². The Morgan fingerprint density at radius 1 is 1.37 bits per heavy atom. The molecule has 1 aromatic rings. The summed E-state index contributed by atoms with van der Waals surface area (Å²) in [5.74, 6) is -1.14. The third-order valence-electron chi connectivity index (χ3n) is 2.42. The van der Waals surface area contributed by atoms with Crippen LogP contribution in [0.1, 0.15) is 13.8 Å². The van der Waals surface area contributed by atoms with E-state index >= 15 is 0 Å². The van der Waals surface area contributed by atoms with E-state index in [9.17, 15) is 17.6 Å². The zero-order valence-electron chi connectivity index (χ0n) is 11.0. The van der Waals surface area contributed by atoms with Gasteiger partial charge in [-0.3, -0.25) is 4.31 Å². The molecule has 0 heterocycles. The van der Waals surface area contributed by atoms with Gasteiger partial charge in [-0.05, 0) is 38.1 Å². The fraction of sp³-hybridized carbons (Fsp3) is 0.417. The van der Waals surface area contributed by atoms with Gasteiger partial charge in [0, 0.05) is 0 Å². The molecule has 0 aliphatic carbocycles. The van der Waals surface area contributed by atoms with Crippen molar-refractivity contribution in [1.82, 2.24) is 0 Å². The second-order valence-electron chi connectivity index (χ2n) is 3.96. The Hall–Kier alpha value is -1.63. The second kappa shape index (κ2) is 6.01. The highest BCUT2D eigenvalue weighted by molar-refractivity contribution is 7.92. The van der Waals surface area contributed by atoms with Gasteiger partial charge in [-0.2, -0.15) is 0 Å². The van der Waals surface area contributed by atoms with Crippen molar-refractivity contribution in [2.45, 2.75) is 19.9 Å². The van der Waals surface area contributed by atoms with Crippen LogP contribution in [0.25, 0.3) is 0 Å². The van der Waals surface area contributed by atoms with Gasteiger partial charge in [0.1, 0.15) is 11.9 Å². The molecule has 19 heavy (non-hydrogen) atoms. The Morgan fingerprint density at radius 2 is 1.89 bits per heavy atom. The highest BCUT2D eigenvalue weighted by Crippen LogP contribution is 2.21. The van der Waals surface area contributed by atoms with E-state index in [4.69, 9.17) is 4.74 Å².